The molecule has 68 valence electrons. The smallest absolute Gasteiger partial charge is 0.423 e. The Bertz CT molecular complexity index is 319. The molecule has 6 heteroatoms. The van der Waals surface area contributed by atoms with Gasteiger partial charge in [-0.1, -0.05) is 17.7 Å². The van der Waals surface area contributed by atoms with Crippen LogP contribution in [-0.4, -0.2) is 23.6 Å². The van der Waals surface area contributed by atoms with Crippen molar-refractivity contribution in [3.63, 3.8) is 0 Å². The van der Waals surface area contributed by atoms with Crippen LogP contribution in [0.25, 0.3) is 0 Å². The zero-order valence-electron chi connectivity index (χ0n) is 6.57. The van der Waals surface area contributed by atoms with Crippen LogP contribution in [0.3, 0.4) is 0 Å². The normalized spacial score (nSPS) is 9.46. The van der Waals surface area contributed by atoms with E-state index >= 15 is 0 Å². The predicted octanol–water partition coefficient (Wildman–Crippen LogP) is -0.412. The van der Waals surface area contributed by atoms with Crippen LogP contribution in [0.2, 0.25) is 5.02 Å². The van der Waals surface area contributed by atoms with Gasteiger partial charge < -0.3 is 15.4 Å². The van der Waals surface area contributed by atoms with E-state index in [-0.39, 0.29) is 10.5 Å². The molecule has 3 N–H and O–H groups in total. The van der Waals surface area contributed by atoms with Crippen molar-refractivity contribution in [2.45, 2.75) is 0 Å². The van der Waals surface area contributed by atoms with Crippen molar-refractivity contribution in [1.82, 2.24) is 0 Å². The van der Waals surface area contributed by atoms with E-state index in [9.17, 15) is 4.79 Å². The molecule has 0 atom stereocenters. The highest BCUT2D eigenvalue weighted by molar-refractivity contribution is 6.59. The van der Waals surface area contributed by atoms with Crippen LogP contribution in [0.1, 0.15) is 0 Å². The summed E-state index contributed by atoms with van der Waals surface area (Å²) in [4.78, 5) is 10.1. The van der Waals surface area contributed by atoms with Gasteiger partial charge in [-0.3, -0.25) is 4.79 Å². The molecule has 1 rings (SSSR count). The molecule has 0 saturated heterocycles. The fourth-order valence-electron chi connectivity index (χ4n) is 0.873. The van der Waals surface area contributed by atoms with E-state index in [1.807, 2.05) is 0 Å². The van der Waals surface area contributed by atoms with Crippen molar-refractivity contribution in [3.8, 4) is 0 Å². The third kappa shape index (κ3) is 2.45. The summed E-state index contributed by atoms with van der Waals surface area (Å²) >= 11 is 5.71. The summed E-state index contributed by atoms with van der Waals surface area (Å²) in [5, 5.41) is 20.2. The van der Waals surface area contributed by atoms with E-state index in [0.717, 1.165) is 0 Å². The number of nitrogens with one attached hydrogen (secondary N) is 1. The van der Waals surface area contributed by atoms with Crippen LogP contribution in [0.4, 0.5) is 5.69 Å². The van der Waals surface area contributed by atoms with Gasteiger partial charge in [0.05, 0.1) is 10.7 Å². The van der Waals surface area contributed by atoms with Gasteiger partial charge in [-0.05, 0) is 17.6 Å². The molecule has 0 aliphatic carbocycles. The lowest BCUT2D eigenvalue weighted by Gasteiger charge is -2.04. The highest BCUT2D eigenvalue weighted by Crippen LogP contribution is 2.18. The third-order valence-corrected chi connectivity index (χ3v) is 1.82. The highest BCUT2D eigenvalue weighted by Gasteiger charge is 2.12. The summed E-state index contributed by atoms with van der Waals surface area (Å²) < 4.78 is 0. The highest BCUT2D eigenvalue weighted by atomic mass is 35.5. The number of carbonyl (C=O) groups is 1. The summed E-state index contributed by atoms with van der Waals surface area (Å²) in [6.07, 6.45) is 0.496. The second kappa shape index (κ2) is 4.27. The quantitative estimate of drug-likeness (QED) is 0.458. The predicted molar refractivity (Wildman–Crippen MR) is 51.0 cm³/mol. The second-order valence-electron chi connectivity index (χ2n) is 2.38. The maximum Gasteiger partial charge on any atom is 0.488 e. The van der Waals surface area contributed by atoms with E-state index in [4.69, 9.17) is 21.6 Å². The number of halogens is 1. The van der Waals surface area contributed by atoms with Crippen molar-refractivity contribution in [1.29, 1.82) is 0 Å². The van der Waals surface area contributed by atoms with Gasteiger partial charge in [0.2, 0.25) is 6.41 Å². The van der Waals surface area contributed by atoms with Gasteiger partial charge in [-0.2, -0.15) is 0 Å². The fraction of sp³-hybridized carbons (Fsp3) is 0. The van der Waals surface area contributed by atoms with Crippen molar-refractivity contribution < 1.29 is 14.8 Å². The topological polar surface area (TPSA) is 69.6 Å². The Labute approximate surface area is 80.3 Å². The molecular formula is C7H7BClNO3. The number of amides is 1. The molecule has 13 heavy (non-hydrogen) atoms. The van der Waals surface area contributed by atoms with E-state index in [1.165, 1.54) is 18.2 Å². The molecule has 0 bridgehead atoms. The monoisotopic (exact) mass is 199 g/mol. The van der Waals surface area contributed by atoms with E-state index in [0.29, 0.717) is 12.1 Å². The van der Waals surface area contributed by atoms with Gasteiger partial charge in [0, 0.05) is 0 Å². The Morgan fingerprint density at radius 1 is 1.46 bits per heavy atom. The Kier molecular flexibility index (Phi) is 3.30. The van der Waals surface area contributed by atoms with Crippen molar-refractivity contribution in [2.75, 3.05) is 5.32 Å². The van der Waals surface area contributed by atoms with E-state index in [2.05, 4.69) is 5.32 Å². The van der Waals surface area contributed by atoms with Gasteiger partial charge in [0.1, 0.15) is 0 Å². The average molecular weight is 199 g/mol. The van der Waals surface area contributed by atoms with Crippen molar-refractivity contribution in [2.24, 2.45) is 0 Å². The Morgan fingerprint density at radius 3 is 2.62 bits per heavy atom. The molecule has 0 saturated carbocycles. The number of anilines is 1. The third-order valence-electron chi connectivity index (χ3n) is 1.51. The van der Waals surface area contributed by atoms with Crippen molar-refractivity contribution in [3.05, 3.63) is 23.2 Å². The summed E-state index contributed by atoms with van der Waals surface area (Å²) in [6, 6.07) is 4.33. The first-order valence-electron chi connectivity index (χ1n) is 3.51. The minimum atomic E-state index is -1.55. The van der Waals surface area contributed by atoms with Crippen LogP contribution in [-0.2, 0) is 4.79 Å². The molecule has 0 aliphatic heterocycles. The lowest BCUT2D eigenvalue weighted by atomic mass is 9.80. The van der Waals surface area contributed by atoms with Crippen molar-refractivity contribution >= 4 is 36.3 Å². The van der Waals surface area contributed by atoms with Crippen LogP contribution in [0.5, 0.6) is 0 Å². The summed E-state index contributed by atoms with van der Waals surface area (Å²) in [6.45, 7) is 0. The fourth-order valence-corrected chi connectivity index (χ4v) is 1.12. The molecule has 0 heterocycles. The van der Waals surface area contributed by atoms with Gasteiger partial charge in [0.15, 0.2) is 0 Å². The maximum atomic E-state index is 10.1. The van der Waals surface area contributed by atoms with Crippen LogP contribution >= 0.6 is 11.6 Å². The summed E-state index contributed by atoms with van der Waals surface area (Å²) in [5.74, 6) is 0. The second-order valence-corrected chi connectivity index (χ2v) is 2.78. The largest absolute Gasteiger partial charge is 0.488 e. The molecule has 0 unspecified atom stereocenters. The molecule has 0 aliphatic rings. The maximum absolute atomic E-state index is 10.1. The lowest BCUT2D eigenvalue weighted by molar-refractivity contribution is -0.105. The number of rotatable bonds is 3. The zero-order valence-corrected chi connectivity index (χ0v) is 7.32. The molecule has 1 aromatic rings. The minimum Gasteiger partial charge on any atom is -0.423 e. The minimum absolute atomic E-state index is 0.262. The molecule has 1 aromatic carbocycles. The van der Waals surface area contributed by atoms with Crippen LogP contribution in [0, 0.1) is 0 Å². The average Bonchev–Trinajstić information content (AvgIpc) is 2.08. The van der Waals surface area contributed by atoms with Gasteiger partial charge in [-0.25, -0.2) is 0 Å². The first-order chi connectivity index (χ1) is 6.15. The molecule has 4 nitrogen and oxygen atoms in total. The molecule has 0 radical (unpaired) electrons. The molecular weight excluding hydrogens is 192 g/mol. The SMILES string of the molecule is O=CNc1ccc(B(O)O)cc1Cl. The van der Waals surface area contributed by atoms with Crippen LogP contribution in [0.15, 0.2) is 18.2 Å². The van der Waals surface area contributed by atoms with Gasteiger partial charge in [0.25, 0.3) is 0 Å². The molecule has 0 spiro atoms. The molecule has 1 amide bonds. The van der Waals surface area contributed by atoms with E-state index in [1.54, 1.807) is 0 Å². The molecule has 0 aromatic heterocycles. The van der Waals surface area contributed by atoms with Crippen LogP contribution < -0.4 is 10.8 Å². The summed E-state index contributed by atoms with van der Waals surface area (Å²) in [5.41, 5.74) is 0.711. The molecule has 0 fully saturated rings. The number of carbonyl (C=O) groups excluding carboxylic acids is 1. The first-order valence-corrected chi connectivity index (χ1v) is 3.88. The number of hydrogen-bond donors (Lipinski definition) is 3. The number of hydrogen-bond acceptors (Lipinski definition) is 3. The number of benzene rings is 1. The zero-order chi connectivity index (χ0) is 9.84. The Morgan fingerprint density at radius 2 is 2.15 bits per heavy atom. The van der Waals surface area contributed by atoms with E-state index < -0.39 is 7.12 Å². The lowest BCUT2D eigenvalue weighted by Crippen LogP contribution is -2.29. The standard InChI is InChI=1S/C7H7BClNO3/c9-6-3-5(8(12)13)1-2-7(6)10-4-11/h1-4,12-13H,(H,10,11). The van der Waals surface area contributed by atoms with Gasteiger partial charge in [-0.15, -0.1) is 0 Å². The Balaban J connectivity index is 2.98. The Hall–Kier alpha value is -1.04. The first kappa shape index (κ1) is 10.0. The summed E-state index contributed by atoms with van der Waals surface area (Å²) in [7, 11) is -1.55. The van der Waals surface area contributed by atoms with Gasteiger partial charge >= 0.3 is 7.12 Å².